The third-order valence-corrected chi connectivity index (χ3v) is 4.64. The summed E-state index contributed by atoms with van der Waals surface area (Å²) in [6, 6.07) is 5.23. The van der Waals surface area contributed by atoms with Crippen LogP contribution in [0, 0.1) is 5.92 Å². The lowest BCUT2D eigenvalue weighted by atomic mass is 10.0. The van der Waals surface area contributed by atoms with E-state index in [0.29, 0.717) is 34.3 Å². The summed E-state index contributed by atoms with van der Waals surface area (Å²) in [6.07, 6.45) is 1.03. The van der Waals surface area contributed by atoms with Crippen molar-refractivity contribution in [2.75, 3.05) is 39.5 Å². The number of hydrogen-bond acceptors (Lipinski definition) is 4. The van der Waals surface area contributed by atoms with Crippen LogP contribution in [0.1, 0.15) is 20.3 Å². The van der Waals surface area contributed by atoms with Crippen LogP contribution in [0.5, 0.6) is 5.75 Å². The average Bonchev–Trinajstić information content (AvgIpc) is 2.59. The van der Waals surface area contributed by atoms with Crippen molar-refractivity contribution < 1.29 is 14.3 Å². The predicted molar refractivity (Wildman–Crippen MR) is 101 cm³/mol. The van der Waals surface area contributed by atoms with E-state index in [2.05, 4.69) is 24.1 Å². The van der Waals surface area contributed by atoms with Gasteiger partial charge < -0.3 is 14.8 Å². The van der Waals surface area contributed by atoms with Crippen LogP contribution in [-0.2, 0) is 9.53 Å². The maximum absolute atomic E-state index is 12.1. The van der Waals surface area contributed by atoms with Crippen LogP contribution in [0.3, 0.4) is 0 Å². The Labute approximate surface area is 159 Å². The summed E-state index contributed by atoms with van der Waals surface area (Å²) in [5.41, 5.74) is 0. The van der Waals surface area contributed by atoms with Gasteiger partial charge in [0.15, 0.2) is 6.61 Å². The first-order valence-electron chi connectivity index (χ1n) is 8.62. The van der Waals surface area contributed by atoms with Gasteiger partial charge in [0, 0.05) is 36.8 Å². The molecule has 25 heavy (non-hydrogen) atoms. The van der Waals surface area contributed by atoms with Gasteiger partial charge in [-0.15, -0.1) is 0 Å². The third-order valence-electron chi connectivity index (χ3n) is 4.09. The van der Waals surface area contributed by atoms with E-state index < -0.39 is 0 Å². The Bertz CT molecular complexity index is 563. The number of carbonyl (C=O) groups is 1. The van der Waals surface area contributed by atoms with Crippen molar-refractivity contribution in [1.29, 1.82) is 0 Å². The second kappa shape index (κ2) is 10.2. The number of ether oxygens (including phenoxy) is 2. The lowest BCUT2D eigenvalue weighted by molar-refractivity contribution is -0.123. The van der Waals surface area contributed by atoms with Crippen molar-refractivity contribution in [2.45, 2.75) is 26.3 Å². The van der Waals surface area contributed by atoms with Crippen LogP contribution in [0.4, 0.5) is 0 Å². The van der Waals surface area contributed by atoms with E-state index in [1.165, 1.54) is 0 Å². The number of rotatable bonds is 8. The van der Waals surface area contributed by atoms with E-state index in [1.807, 2.05) is 0 Å². The van der Waals surface area contributed by atoms with E-state index in [1.54, 1.807) is 18.2 Å². The second-order valence-electron chi connectivity index (χ2n) is 6.60. The molecule has 0 spiro atoms. The first-order chi connectivity index (χ1) is 12.0. The monoisotopic (exact) mass is 388 g/mol. The highest BCUT2D eigenvalue weighted by molar-refractivity contribution is 6.34. The van der Waals surface area contributed by atoms with Gasteiger partial charge in [-0.2, -0.15) is 0 Å². The van der Waals surface area contributed by atoms with Crippen LogP contribution >= 0.6 is 23.2 Å². The maximum Gasteiger partial charge on any atom is 0.257 e. The molecule has 1 fully saturated rings. The van der Waals surface area contributed by atoms with Gasteiger partial charge in [0.25, 0.3) is 5.91 Å². The molecule has 5 nitrogen and oxygen atoms in total. The molecule has 1 saturated heterocycles. The smallest absolute Gasteiger partial charge is 0.257 e. The van der Waals surface area contributed by atoms with Crippen LogP contribution in [0.2, 0.25) is 10.0 Å². The molecule has 7 heteroatoms. The standard InChI is InChI=1S/C18H26Cl2N2O3/c1-13(2)9-15(22-5-7-24-8-6-22)11-21-18(23)12-25-17-10-14(19)3-4-16(17)20/h3-4,10,13,15H,5-9,11-12H2,1-2H3,(H,21,23)/t15-/m1/s1. The summed E-state index contributed by atoms with van der Waals surface area (Å²) in [4.78, 5) is 14.5. The molecule has 0 aromatic heterocycles. The SMILES string of the molecule is CC(C)C[C@H](CNC(=O)COc1cc(Cl)ccc1Cl)N1CCOCC1. The van der Waals surface area contributed by atoms with Gasteiger partial charge in [-0.05, 0) is 24.5 Å². The second-order valence-corrected chi connectivity index (χ2v) is 7.44. The molecule has 1 aromatic carbocycles. The number of halogens is 2. The van der Waals surface area contributed by atoms with Crippen molar-refractivity contribution in [2.24, 2.45) is 5.92 Å². The molecular weight excluding hydrogens is 363 g/mol. The van der Waals surface area contributed by atoms with E-state index in [-0.39, 0.29) is 12.5 Å². The molecule has 0 radical (unpaired) electrons. The Morgan fingerprint density at radius 3 is 2.72 bits per heavy atom. The van der Waals surface area contributed by atoms with E-state index in [9.17, 15) is 4.79 Å². The van der Waals surface area contributed by atoms with Crippen molar-refractivity contribution in [3.8, 4) is 5.75 Å². The normalized spacial score (nSPS) is 16.7. The summed E-state index contributed by atoms with van der Waals surface area (Å²) in [6.45, 7) is 8.21. The number of nitrogens with zero attached hydrogens (tertiary/aromatic N) is 1. The molecule has 1 aliphatic rings. The fourth-order valence-electron chi connectivity index (χ4n) is 2.86. The first-order valence-corrected chi connectivity index (χ1v) is 9.37. The number of nitrogens with one attached hydrogen (secondary N) is 1. The molecule has 0 saturated carbocycles. The van der Waals surface area contributed by atoms with E-state index >= 15 is 0 Å². The molecule has 0 aliphatic carbocycles. The topological polar surface area (TPSA) is 50.8 Å². The van der Waals surface area contributed by atoms with Crippen molar-refractivity contribution in [3.63, 3.8) is 0 Å². The summed E-state index contributed by atoms with van der Waals surface area (Å²) >= 11 is 11.9. The minimum atomic E-state index is -0.168. The molecule has 1 N–H and O–H groups in total. The highest BCUT2D eigenvalue weighted by Gasteiger charge is 2.22. The molecular formula is C18H26Cl2N2O3. The summed E-state index contributed by atoms with van der Waals surface area (Å²) in [5.74, 6) is 0.806. The highest BCUT2D eigenvalue weighted by atomic mass is 35.5. The Morgan fingerprint density at radius 1 is 1.32 bits per heavy atom. The molecule has 0 bridgehead atoms. The molecule has 1 amide bonds. The van der Waals surface area contributed by atoms with Gasteiger partial charge in [-0.25, -0.2) is 0 Å². The Morgan fingerprint density at radius 2 is 2.04 bits per heavy atom. The van der Waals surface area contributed by atoms with Gasteiger partial charge in [0.2, 0.25) is 0 Å². The number of morpholine rings is 1. The van der Waals surface area contributed by atoms with Crippen LogP contribution in [0.15, 0.2) is 18.2 Å². The van der Waals surface area contributed by atoms with Crippen molar-refractivity contribution >= 4 is 29.1 Å². The van der Waals surface area contributed by atoms with E-state index in [4.69, 9.17) is 32.7 Å². The quantitative estimate of drug-likeness (QED) is 0.742. The minimum absolute atomic E-state index is 0.0857. The fraction of sp³-hybridized carbons (Fsp3) is 0.611. The third kappa shape index (κ3) is 7.02. The zero-order valence-electron chi connectivity index (χ0n) is 14.8. The van der Waals surface area contributed by atoms with E-state index in [0.717, 1.165) is 32.7 Å². The molecule has 2 rings (SSSR count). The van der Waals surface area contributed by atoms with Gasteiger partial charge in [0.05, 0.1) is 18.2 Å². The van der Waals surface area contributed by atoms with Crippen LogP contribution < -0.4 is 10.1 Å². The van der Waals surface area contributed by atoms with Crippen molar-refractivity contribution in [3.05, 3.63) is 28.2 Å². The molecule has 1 heterocycles. The summed E-state index contributed by atoms with van der Waals surface area (Å²) < 4.78 is 10.9. The van der Waals surface area contributed by atoms with Crippen LogP contribution in [0.25, 0.3) is 0 Å². The summed E-state index contributed by atoms with van der Waals surface area (Å²) in [7, 11) is 0. The van der Waals surface area contributed by atoms with Gasteiger partial charge in [-0.3, -0.25) is 9.69 Å². The predicted octanol–water partition coefficient (Wildman–Crippen LogP) is 3.24. The summed E-state index contributed by atoms with van der Waals surface area (Å²) in [5, 5.41) is 3.92. The molecule has 1 aromatic rings. The minimum Gasteiger partial charge on any atom is -0.482 e. The molecule has 1 atom stereocenters. The maximum atomic E-state index is 12.1. The first kappa shape index (κ1) is 20.3. The lowest BCUT2D eigenvalue weighted by Gasteiger charge is -2.35. The molecule has 1 aliphatic heterocycles. The number of hydrogen-bond donors (Lipinski definition) is 1. The largest absolute Gasteiger partial charge is 0.482 e. The molecule has 0 unspecified atom stereocenters. The Balaban J connectivity index is 1.82. The lowest BCUT2D eigenvalue weighted by Crippen LogP contribution is -2.49. The Kier molecular flexibility index (Phi) is 8.30. The van der Waals surface area contributed by atoms with Crippen LogP contribution in [-0.4, -0.2) is 56.3 Å². The molecule has 140 valence electrons. The van der Waals surface area contributed by atoms with Gasteiger partial charge >= 0.3 is 0 Å². The number of amides is 1. The highest BCUT2D eigenvalue weighted by Crippen LogP contribution is 2.27. The van der Waals surface area contributed by atoms with Gasteiger partial charge in [0.1, 0.15) is 5.75 Å². The zero-order chi connectivity index (χ0) is 18.2. The number of benzene rings is 1. The average molecular weight is 389 g/mol. The fourth-order valence-corrected chi connectivity index (χ4v) is 3.20. The van der Waals surface area contributed by atoms with Crippen molar-refractivity contribution in [1.82, 2.24) is 10.2 Å². The van der Waals surface area contributed by atoms with Gasteiger partial charge in [-0.1, -0.05) is 37.0 Å². The zero-order valence-corrected chi connectivity index (χ0v) is 16.3. The Hall–Kier alpha value is -1.01. The number of carbonyl (C=O) groups excluding carboxylic acids is 1.